The quantitative estimate of drug-likeness (QED) is 0.569. The summed E-state index contributed by atoms with van der Waals surface area (Å²) in [7, 11) is -3.66. The third-order valence-electron chi connectivity index (χ3n) is 3.98. The molecule has 0 aromatic heterocycles. The Balaban J connectivity index is 1.90. The predicted molar refractivity (Wildman–Crippen MR) is 111 cm³/mol. The third-order valence-corrected chi connectivity index (χ3v) is 5.59. The Morgan fingerprint density at radius 2 is 1.79 bits per heavy atom. The van der Waals surface area contributed by atoms with Crippen LogP contribution >= 0.6 is 0 Å². The standard InChI is InChI=1S/C20H25N3O5S/c1-4-28-20(25)23-17-7-5-6-16(13-17)19(24)21-10-11-22-29(26,27)18-12-14(2)8-9-15(18)3/h5-9,12-13,22H,4,10-11H2,1-3H3,(H,21,24)(H,23,25). The molecule has 0 atom stereocenters. The summed E-state index contributed by atoms with van der Waals surface area (Å²) in [5.74, 6) is -0.386. The molecule has 29 heavy (non-hydrogen) atoms. The lowest BCUT2D eigenvalue weighted by atomic mass is 10.2. The van der Waals surface area contributed by atoms with Crippen molar-refractivity contribution in [2.75, 3.05) is 25.0 Å². The lowest BCUT2D eigenvalue weighted by Gasteiger charge is -2.11. The fraction of sp³-hybridized carbons (Fsp3) is 0.300. The largest absolute Gasteiger partial charge is 0.450 e. The SMILES string of the molecule is CCOC(=O)Nc1cccc(C(=O)NCCNS(=O)(=O)c2cc(C)ccc2C)c1. The van der Waals surface area contributed by atoms with Crippen molar-refractivity contribution in [3.8, 4) is 0 Å². The molecule has 0 spiro atoms. The van der Waals surface area contributed by atoms with Gasteiger partial charge in [0, 0.05) is 24.3 Å². The average molecular weight is 420 g/mol. The van der Waals surface area contributed by atoms with Crippen LogP contribution < -0.4 is 15.4 Å². The van der Waals surface area contributed by atoms with Gasteiger partial charge in [-0.05, 0) is 56.2 Å². The highest BCUT2D eigenvalue weighted by Gasteiger charge is 2.16. The second-order valence-electron chi connectivity index (χ2n) is 6.35. The molecule has 3 N–H and O–H groups in total. The van der Waals surface area contributed by atoms with Crippen LogP contribution in [0, 0.1) is 13.8 Å². The first-order chi connectivity index (χ1) is 13.7. The number of rotatable bonds is 8. The zero-order chi connectivity index (χ0) is 21.4. The van der Waals surface area contributed by atoms with Gasteiger partial charge in [-0.15, -0.1) is 0 Å². The Bertz CT molecular complexity index is 989. The number of carbonyl (C=O) groups is 2. The Labute approximate surface area is 170 Å². The van der Waals surface area contributed by atoms with Crippen LogP contribution in [0.5, 0.6) is 0 Å². The maximum absolute atomic E-state index is 12.4. The molecule has 0 heterocycles. The molecule has 9 heteroatoms. The molecule has 156 valence electrons. The van der Waals surface area contributed by atoms with Gasteiger partial charge >= 0.3 is 6.09 Å². The minimum atomic E-state index is -3.66. The minimum absolute atomic E-state index is 0.0439. The van der Waals surface area contributed by atoms with Crippen molar-refractivity contribution in [1.29, 1.82) is 0 Å². The monoisotopic (exact) mass is 419 g/mol. The Morgan fingerprint density at radius 1 is 1.03 bits per heavy atom. The molecule has 0 aliphatic rings. The summed E-state index contributed by atoms with van der Waals surface area (Å²) in [5.41, 5.74) is 2.25. The van der Waals surface area contributed by atoms with Crippen molar-refractivity contribution in [2.45, 2.75) is 25.7 Å². The Kier molecular flexibility index (Phi) is 7.74. The van der Waals surface area contributed by atoms with Gasteiger partial charge in [-0.25, -0.2) is 17.9 Å². The van der Waals surface area contributed by atoms with Crippen LogP contribution in [0.1, 0.15) is 28.4 Å². The zero-order valence-corrected chi connectivity index (χ0v) is 17.4. The van der Waals surface area contributed by atoms with Gasteiger partial charge in [0.15, 0.2) is 0 Å². The summed E-state index contributed by atoms with van der Waals surface area (Å²) < 4.78 is 32.2. The highest BCUT2D eigenvalue weighted by atomic mass is 32.2. The van der Waals surface area contributed by atoms with E-state index in [0.717, 1.165) is 5.56 Å². The second kappa shape index (κ2) is 10.0. The van der Waals surface area contributed by atoms with Gasteiger partial charge in [-0.2, -0.15) is 0 Å². The second-order valence-corrected chi connectivity index (χ2v) is 8.08. The summed E-state index contributed by atoms with van der Waals surface area (Å²) >= 11 is 0. The number of nitrogens with one attached hydrogen (secondary N) is 3. The number of sulfonamides is 1. The molecule has 2 amide bonds. The van der Waals surface area contributed by atoms with Gasteiger partial charge in [0.05, 0.1) is 11.5 Å². The smallest absolute Gasteiger partial charge is 0.411 e. The topological polar surface area (TPSA) is 114 Å². The van der Waals surface area contributed by atoms with Gasteiger partial charge in [0.25, 0.3) is 5.91 Å². The molecule has 0 saturated carbocycles. The van der Waals surface area contributed by atoms with Crippen LogP contribution in [0.3, 0.4) is 0 Å². The summed E-state index contributed by atoms with van der Waals surface area (Å²) in [5, 5.41) is 5.17. The molecule has 0 radical (unpaired) electrons. The lowest BCUT2D eigenvalue weighted by Crippen LogP contribution is -2.35. The van der Waals surface area contributed by atoms with Gasteiger partial charge in [-0.3, -0.25) is 10.1 Å². The van der Waals surface area contributed by atoms with Gasteiger partial charge in [-0.1, -0.05) is 18.2 Å². The van der Waals surface area contributed by atoms with Crippen molar-refractivity contribution in [3.05, 3.63) is 59.2 Å². The summed E-state index contributed by atoms with van der Waals surface area (Å²) in [6.45, 7) is 5.64. The van der Waals surface area contributed by atoms with Crippen LogP contribution in [0.2, 0.25) is 0 Å². The van der Waals surface area contributed by atoms with Crippen LogP contribution in [0.15, 0.2) is 47.4 Å². The highest BCUT2D eigenvalue weighted by molar-refractivity contribution is 7.89. The van der Waals surface area contributed by atoms with E-state index in [1.165, 1.54) is 6.07 Å². The number of hydrogen-bond donors (Lipinski definition) is 3. The molecule has 2 rings (SSSR count). The molecular weight excluding hydrogens is 394 g/mol. The fourth-order valence-electron chi connectivity index (χ4n) is 2.56. The number of hydrogen-bond acceptors (Lipinski definition) is 5. The first-order valence-corrected chi connectivity index (χ1v) is 10.6. The van der Waals surface area contributed by atoms with Crippen molar-refractivity contribution < 1.29 is 22.7 Å². The lowest BCUT2D eigenvalue weighted by molar-refractivity contribution is 0.0954. The Hall–Kier alpha value is -2.91. The highest BCUT2D eigenvalue weighted by Crippen LogP contribution is 2.16. The van der Waals surface area contributed by atoms with Crippen molar-refractivity contribution >= 4 is 27.7 Å². The van der Waals surface area contributed by atoms with Crippen molar-refractivity contribution in [3.63, 3.8) is 0 Å². The summed E-state index contributed by atoms with van der Waals surface area (Å²) in [4.78, 5) is 24.0. The van der Waals surface area contributed by atoms with Crippen LogP contribution in [0.25, 0.3) is 0 Å². The fourth-order valence-corrected chi connectivity index (χ4v) is 3.92. The van der Waals surface area contributed by atoms with Gasteiger partial charge in [0.2, 0.25) is 10.0 Å². The van der Waals surface area contributed by atoms with Crippen LogP contribution in [-0.4, -0.2) is 40.1 Å². The molecule has 2 aromatic carbocycles. The summed E-state index contributed by atoms with van der Waals surface area (Å²) in [6.07, 6.45) is -0.606. The number of amides is 2. The molecule has 8 nitrogen and oxygen atoms in total. The number of carbonyl (C=O) groups excluding carboxylic acids is 2. The van der Waals surface area contributed by atoms with Gasteiger partial charge in [0.1, 0.15) is 0 Å². The first kappa shape index (κ1) is 22.4. The molecule has 0 fully saturated rings. The Morgan fingerprint density at radius 3 is 2.52 bits per heavy atom. The van der Waals surface area contributed by atoms with Crippen LogP contribution in [-0.2, 0) is 14.8 Å². The molecule has 2 aromatic rings. The molecule has 0 unspecified atom stereocenters. The van der Waals surface area contributed by atoms with E-state index in [-0.39, 0.29) is 30.5 Å². The molecule has 0 bridgehead atoms. The van der Waals surface area contributed by atoms with E-state index in [0.29, 0.717) is 16.8 Å². The van der Waals surface area contributed by atoms with E-state index < -0.39 is 16.1 Å². The third kappa shape index (κ3) is 6.58. The van der Waals surface area contributed by atoms with E-state index in [1.807, 2.05) is 13.0 Å². The van der Waals surface area contributed by atoms with E-state index in [4.69, 9.17) is 4.74 Å². The van der Waals surface area contributed by atoms with Crippen molar-refractivity contribution in [1.82, 2.24) is 10.0 Å². The molecule has 0 aliphatic carbocycles. The maximum Gasteiger partial charge on any atom is 0.411 e. The predicted octanol–water partition coefficient (Wildman–Crippen LogP) is 2.58. The number of ether oxygens (including phenoxy) is 1. The normalized spacial score (nSPS) is 11.0. The number of aryl methyl sites for hydroxylation is 2. The molecular formula is C20H25N3O5S. The van der Waals surface area contributed by atoms with Crippen molar-refractivity contribution in [2.24, 2.45) is 0 Å². The van der Waals surface area contributed by atoms with E-state index in [1.54, 1.807) is 44.2 Å². The minimum Gasteiger partial charge on any atom is -0.450 e. The van der Waals surface area contributed by atoms with E-state index in [2.05, 4.69) is 15.4 Å². The summed E-state index contributed by atoms with van der Waals surface area (Å²) in [6, 6.07) is 11.6. The first-order valence-electron chi connectivity index (χ1n) is 9.12. The number of anilines is 1. The van der Waals surface area contributed by atoms with Gasteiger partial charge < -0.3 is 10.1 Å². The maximum atomic E-state index is 12.4. The molecule has 0 aliphatic heterocycles. The average Bonchev–Trinajstić information content (AvgIpc) is 2.67. The van der Waals surface area contributed by atoms with E-state index in [9.17, 15) is 18.0 Å². The zero-order valence-electron chi connectivity index (χ0n) is 16.6. The van der Waals surface area contributed by atoms with Crippen LogP contribution in [0.4, 0.5) is 10.5 Å². The number of benzene rings is 2. The molecule has 0 saturated heterocycles. The van der Waals surface area contributed by atoms with E-state index >= 15 is 0 Å².